The Bertz CT molecular complexity index is 560. The van der Waals surface area contributed by atoms with Gasteiger partial charge in [-0.1, -0.05) is 37.6 Å². The van der Waals surface area contributed by atoms with Gasteiger partial charge in [0.1, 0.15) is 0 Å². The number of nitrogens with one attached hydrogen (secondary N) is 2. The molecule has 1 saturated carbocycles. The highest BCUT2D eigenvalue weighted by Gasteiger charge is 2.35. The van der Waals surface area contributed by atoms with Gasteiger partial charge in [0, 0.05) is 13.1 Å². The van der Waals surface area contributed by atoms with Crippen LogP contribution in [0.3, 0.4) is 0 Å². The molecule has 5 heteroatoms. The predicted molar refractivity (Wildman–Crippen MR) is 86.4 cm³/mol. The van der Waals surface area contributed by atoms with E-state index in [2.05, 4.69) is 17.0 Å². The third-order valence-electron chi connectivity index (χ3n) is 4.56. The van der Waals surface area contributed by atoms with Crippen molar-refractivity contribution in [2.45, 2.75) is 44.9 Å². The third-order valence-corrected chi connectivity index (χ3v) is 5.86. The second kappa shape index (κ2) is 6.90. The van der Waals surface area contributed by atoms with Gasteiger partial charge >= 0.3 is 0 Å². The Labute approximate surface area is 128 Å². The molecule has 0 unspecified atom stereocenters. The summed E-state index contributed by atoms with van der Waals surface area (Å²) in [5.41, 5.74) is 2.16. The van der Waals surface area contributed by atoms with Crippen molar-refractivity contribution in [3.63, 3.8) is 0 Å². The highest BCUT2D eigenvalue weighted by atomic mass is 32.2. The van der Waals surface area contributed by atoms with Gasteiger partial charge in [0.15, 0.2) is 0 Å². The topological polar surface area (TPSA) is 58.2 Å². The molecule has 0 radical (unpaired) electrons. The average Bonchev–Trinajstić information content (AvgIpc) is 2.38. The molecule has 0 atom stereocenters. The average molecular weight is 310 g/mol. The lowest BCUT2D eigenvalue weighted by atomic mass is 9.67. The molecule has 118 valence electrons. The van der Waals surface area contributed by atoms with Crippen LogP contribution >= 0.6 is 0 Å². The van der Waals surface area contributed by atoms with Crippen molar-refractivity contribution in [3.05, 3.63) is 35.4 Å². The minimum atomic E-state index is -3.26. The Morgan fingerprint density at radius 3 is 2.52 bits per heavy atom. The second-order valence-corrected chi connectivity index (χ2v) is 7.94. The molecule has 2 rings (SSSR count). The van der Waals surface area contributed by atoms with E-state index in [9.17, 15) is 8.42 Å². The van der Waals surface area contributed by atoms with Gasteiger partial charge in [-0.05, 0) is 42.9 Å². The molecule has 0 amide bonds. The highest BCUT2D eigenvalue weighted by molar-refractivity contribution is 7.88. The van der Waals surface area contributed by atoms with Crippen LogP contribution in [0.15, 0.2) is 24.3 Å². The van der Waals surface area contributed by atoms with E-state index in [0.29, 0.717) is 6.54 Å². The lowest BCUT2D eigenvalue weighted by Gasteiger charge is -2.41. The SMILES string of the molecule is CCC1(CNS(=O)(=O)Cc2cccc(CNC)c2)CCC1. The summed E-state index contributed by atoms with van der Waals surface area (Å²) < 4.78 is 27.3. The van der Waals surface area contributed by atoms with E-state index in [-0.39, 0.29) is 11.2 Å². The quantitative estimate of drug-likeness (QED) is 0.775. The summed E-state index contributed by atoms with van der Waals surface area (Å²) in [5, 5.41) is 3.08. The standard InChI is InChI=1S/C16H26N2O2S/c1-3-16(8-5-9-16)13-18-21(19,20)12-15-7-4-6-14(10-15)11-17-2/h4,6-7,10,17-18H,3,5,8-9,11-13H2,1-2H3. The smallest absolute Gasteiger partial charge is 0.215 e. The van der Waals surface area contributed by atoms with Gasteiger partial charge in [-0.3, -0.25) is 0 Å². The lowest BCUT2D eigenvalue weighted by Crippen LogP contribution is -2.42. The van der Waals surface area contributed by atoms with Crippen LogP contribution in [0.2, 0.25) is 0 Å². The first-order valence-corrected chi connectivity index (χ1v) is 9.34. The van der Waals surface area contributed by atoms with Crippen LogP contribution < -0.4 is 10.0 Å². The second-order valence-electron chi connectivity index (χ2n) is 6.14. The molecule has 4 nitrogen and oxygen atoms in total. The van der Waals surface area contributed by atoms with Gasteiger partial charge in [-0.15, -0.1) is 0 Å². The Morgan fingerprint density at radius 1 is 1.24 bits per heavy atom. The van der Waals surface area contributed by atoms with Crippen LogP contribution in [0.1, 0.15) is 43.7 Å². The molecule has 1 fully saturated rings. The van der Waals surface area contributed by atoms with Crippen molar-refractivity contribution in [1.82, 2.24) is 10.0 Å². The van der Waals surface area contributed by atoms with Crippen LogP contribution in [0.25, 0.3) is 0 Å². The number of benzene rings is 1. The fourth-order valence-electron chi connectivity index (χ4n) is 2.90. The van der Waals surface area contributed by atoms with E-state index in [1.807, 2.05) is 31.3 Å². The Hall–Kier alpha value is -0.910. The van der Waals surface area contributed by atoms with Gasteiger partial charge in [0.05, 0.1) is 5.75 Å². The summed E-state index contributed by atoms with van der Waals surface area (Å²) >= 11 is 0. The van der Waals surface area contributed by atoms with Crippen molar-refractivity contribution in [1.29, 1.82) is 0 Å². The summed E-state index contributed by atoms with van der Waals surface area (Å²) in [6, 6.07) is 7.74. The first-order valence-electron chi connectivity index (χ1n) is 7.68. The number of hydrogen-bond donors (Lipinski definition) is 2. The monoisotopic (exact) mass is 310 g/mol. The van der Waals surface area contributed by atoms with Crippen LogP contribution in [-0.2, 0) is 22.3 Å². The lowest BCUT2D eigenvalue weighted by molar-refractivity contribution is 0.133. The number of rotatable bonds is 8. The van der Waals surface area contributed by atoms with E-state index >= 15 is 0 Å². The Kier molecular flexibility index (Phi) is 5.41. The number of sulfonamides is 1. The van der Waals surface area contributed by atoms with Crippen LogP contribution in [-0.4, -0.2) is 22.0 Å². The highest BCUT2D eigenvalue weighted by Crippen LogP contribution is 2.43. The van der Waals surface area contributed by atoms with Crippen LogP contribution in [0.4, 0.5) is 0 Å². The molecule has 0 aromatic heterocycles. The molecule has 0 heterocycles. The van der Waals surface area contributed by atoms with E-state index in [0.717, 1.165) is 36.9 Å². The van der Waals surface area contributed by atoms with Crippen molar-refractivity contribution >= 4 is 10.0 Å². The summed E-state index contributed by atoms with van der Waals surface area (Å²) in [7, 11) is -1.37. The molecule has 1 aliphatic carbocycles. The fraction of sp³-hybridized carbons (Fsp3) is 0.625. The third kappa shape index (κ3) is 4.53. The van der Waals surface area contributed by atoms with Crippen molar-refractivity contribution in [2.75, 3.05) is 13.6 Å². The molecule has 21 heavy (non-hydrogen) atoms. The first kappa shape index (κ1) is 16.5. The van der Waals surface area contributed by atoms with E-state index in [1.54, 1.807) is 0 Å². The summed E-state index contributed by atoms with van der Waals surface area (Å²) in [5.74, 6) is 0.0599. The zero-order valence-corrected chi connectivity index (χ0v) is 13.8. The number of hydrogen-bond acceptors (Lipinski definition) is 3. The molecule has 0 spiro atoms. The van der Waals surface area contributed by atoms with Crippen molar-refractivity contribution < 1.29 is 8.42 Å². The maximum Gasteiger partial charge on any atom is 0.215 e. The molecule has 1 aliphatic rings. The molecule has 0 saturated heterocycles. The Morgan fingerprint density at radius 2 is 1.95 bits per heavy atom. The molecule has 2 N–H and O–H groups in total. The van der Waals surface area contributed by atoms with Gasteiger partial charge in [0.25, 0.3) is 0 Å². The van der Waals surface area contributed by atoms with Crippen molar-refractivity contribution in [3.8, 4) is 0 Å². The molecule has 0 aliphatic heterocycles. The largest absolute Gasteiger partial charge is 0.316 e. The predicted octanol–water partition coefficient (Wildman–Crippen LogP) is 2.41. The van der Waals surface area contributed by atoms with Crippen molar-refractivity contribution in [2.24, 2.45) is 5.41 Å². The van der Waals surface area contributed by atoms with Gasteiger partial charge < -0.3 is 5.32 Å². The fourth-order valence-corrected chi connectivity index (χ4v) is 4.15. The maximum atomic E-state index is 12.2. The minimum absolute atomic E-state index is 0.0599. The zero-order chi connectivity index (χ0) is 15.3. The van der Waals surface area contributed by atoms with Gasteiger partial charge in [-0.2, -0.15) is 0 Å². The van der Waals surface area contributed by atoms with E-state index in [1.165, 1.54) is 6.42 Å². The summed E-state index contributed by atoms with van der Waals surface area (Å²) in [6.07, 6.45) is 4.56. The molecular formula is C16H26N2O2S. The van der Waals surface area contributed by atoms with E-state index < -0.39 is 10.0 Å². The van der Waals surface area contributed by atoms with Crippen LogP contribution in [0, 0.1) is 5.41 Å². The molecule has 0 bridgehead atoms. The first-order chi connectivity index (χ1) is 9.99. The molecule has 1 aromatic carbocycles. The molecular weight excluding hydrogens is 284 g/mol. The summed E-state index contributed by atoms with van der Waals surface area (Å²) in [4.78, 5) is 0. The van der Waals surface area contributed by atoms with Gasteiger partial charge in [0.2, 0.25) is 10.0 Å². The zero-order valence-electron chi connectivity index (χ0n) is 13.0. The normalized spacial score (nSPS) is 17.4. The van der Waals surface area contributed by atoms with E-state index in [4.69, 9.17) is 0 Å². The minimum Gasteiger partial charge on any atom is -0.316 e. The Balaban J connectivity index is 1.95. The summed E-state index contributed by atoms with van der Waals surface area (Å²) in [6.45, 7) is 3.48. The van der Waals surface area contributed by atoms with Gasteiger partial charge in [-0.25, -0.2) is 13.1 Å². The molecule has 1 aromatic rings. The maximum absolute atomic E-state index is 12.2. The van der Waals surface area contributed by atoms with Crippen LogP contribution in [0.5, 0.6) is 0 Å².